The molecular formula is C28H37ClN4O. The zero-order chi connectivity index (χ0) is 24.4. The van der Waals surface area contributed by atoms with Crippen LogP contribution in [0.1, 0.15) is 60.8 Å². The van der Waals surface area contributed by atoms with E-state index in [1.807, 2.05) is 24.3 Å². The SMILES string of the molecule is CNN(C=O)Cc1c(C)cccc1CCCCCCN1CCC(C#N)(c2ccccc2Cl)CC1. The maximum atomic E-state index is 11.2. The van der Waals surface area contributed by atoms with Gasteiger partial charge in [0.15, 0.2) is 0 Å². The second-order valence-corrected chi connectivity index (χ2v) is 9.76. The van der Waals surface area contributed by atoms with Crippen LogP contribution in [0.5, 0.6) is 0 Å². The molecule has 34 heavy (non-hydrogen) atoms. The second kappa shape index (κ2) is 12.9. The molecule has 1 fully saturated rings. The van der Waals surface area contributed by atoms with Gasteiger partial charge in [-0.3, -0.25) is 9.80 Å². The Labute approximate surface area is 209 Å². The molecule has 0 radical (unpaired) electrons. The molecule has 1 heterocycles. The summed E-state index contributed by atoms with van der Waals surface area (Å²) in [6.07, 6.45) is 8.31. The highest BCUT2D eigenvalue weighted by atomic mass is 35.5. The van der Waals surface area contributed by atoms with Gasteiger partial charge < -0.3 is 4.90 Å². The van der Waals surface area contributed by atoms with Crippen LogP contribution in [0.3, 0.4) is 0 Å². The summed E-state index contributed by atoms with van der Waals surface area (Å²) in [5.74, 6) is 0. The molecule has 6 heteroatoms. The standard InChI is InChI=1S/C28H37ClN4O/c1-23-10-9-12-24(25(23)20-33(22-34)31-2)11-5-3-4-8-17-32-18-15-28(21-30,16-19-32)26-13-6-7-14-27(26)29/h6-7,9-10,12-14,22,31H,3-5,8,11,15-20H2,1-2H3. The minimum atomic E-state index is -0.451. The van der Waals surface area contributed by atoms with E-state index in [9.17, 15) is 10.1 Å². The number of halogens is 1. The third-order valence-corrected chi connectivity index (χ3v) is 7.56. The molecule has 0 unspecified atom stereocenters. The van der Waals surface area contributed by atoms with Crippen molar-refractivity contribution in [3.05, 3.63) is 69.7 Å². The number of hydrogen-bond donors (Lipinski definition) is 1. The van der Waals surface area contributed by atoms with Crippen molar-refractivity contribution in [3.8, 4) is 6.07 Å². The van der Waals surface area contributed by atoms with E-state index in [1.165, 1.54) is 36.0 Å². The number of likely N-dealkylation sites (tertiary alicyclic amines) is 1. The van der Waals surface area contributed by atoms with Crippen molar-refractivity contribution in [2.75, 3.05) is 26.7 Å². The van der Waals surface area contributed by atoms with Crippen LogP contribution in [0.25, 0.3) is 0 Å². The first-order chi connectivity index (χ1) is 16.5. The zero-order valence-electron chi connectivity index (χ0n) is 20.5. The summed E-state index contributed by atoms with van der Waals surface area (Å²) >= 11 is 6.41. The van der Waals surface area contributed by atoms with Crippen molar-refractivity contribution in [1.29, 1.82) is 5.26 Å². The number of amides is 1. The topological polar surface area (TPSA) is 59.4 Å². The number of rotatable bonds is 12. The minimum absolute atomic E-state index is 0.451. The number of carbonyl (C=O) groups excluding carboxylic acids is 1. The number of hydrazine groups is 1. The molecule has 0 saturated carbocycles. The maximum Gasteiger partial charge on any atom is 0.224 e. The van der Waals surface area contributed by atoms with E-state index in [1.54, 1.807) is 12.1 Å². The smallest absolute Gasteiger partial charge is 0.224 e. The molecule has 2 aromatic carbocycles. The van der Waals surface area contributed by atoms with Gasteiger partial charge in [-0.15, -0.1) is 0 Å². The lowest BCUT2D eigenvalue weighted by molar-refractivity contribution is -0.121. The monoisotopic (exact) mass is 480 g/mol. The van der Waals surface area contributed by atoms with Gasteiger partial charge in [0.25, 0.3) is 0 Å². The number of aryl methyl sites for hydroxylation is 2. The summed E-state index contributed by atoms with van der Waals surface area (Å²) in [6, 6.07) is 16.8. The van der Waals surface area contributed by atoms with Gasteiger partial charge in [-0.2, -0.15) is 5.26 Å². The van der Waals surface area contributed by atoms with Crippen molar-refractivity contribution in [3.63, 3.8) is 0 Å². The third kappa shape index (κ3) is 6.60. The fraction of sp³-hybridized carbons (Fsp3) is 0.500. The Kier molecular flexibility index (Phi) is 9.95. The highest BCUT2D eigenvalue weighted by Crippen LogP contribution is 2.38. The second-order valence-electron chi connectivity index (χ2n) is 9.35. The summed E-state index contributed by atoms with van der Waals surface area (Å²) in [5.41, 5.74) is 7.28. The van der Waals surface area contributed by atoms with E-state index < -0.39 is 5.41 Å². The molecule has 1 aliphatic heterocycles. The number of nitrogens with zero attached hydrogens (tertiary/aromatic N) is 3. The predicted molar refractivity (Wildman–Crippen MR) is 138 cm³/mol. The first-order valence-corrected chi connectivity index (χ1v) is 12.8. The normalized spacial score (nSPS) is 15.6. The minimum Gasteiger partial charge on any atom is -0.303 e. The first kappa shape index (κ1) is 26.2. The van der Waals surface area contributed by atoms with Gasteiger partial charge in [0.1, 0.15) is 0 Å². The molecule has 5 nitrogen and oxygen atoms in total. The Hall–Kier alpha value is -2.39. The summed E-state index contributed by atoms with van der Waals surface area (Å²) in [4.78, 5) is 13.7. The van der Waals surface area contributed by atoms with E-state index in [0.29, 0.717) is 11.6 Å². The number of nitriles is 1. The van der Waals surface area contributed by atoms with Gasteiger partial charge in [-0.1, -0.05) is 60.8 Å². The number of benzene rings is 2. The highest BCUT2D eigenvalue weighted by Gasteiger charge is 2.37. The molecule has 0 atom stereocenters. The summed E-state index contributed by atoms with van der Waals surface area (Å²) in [6.45, 7) is 5.70. The van der Waals surface area contributed by atoms with Crippen molar-refractivity contribution < 1.29 is 4.79 Å². The average molecular weight is 481 g/mol. The average Bonchev–Trinajstić information content (AvgIpc) is 2.86. The van der Waals surface area contributed by atoms with Gasteiger partial charge in [0.05, 0.1) is 18.0 Å². The van der Waals surface area contributed by atoms with Crippen LogP contribution in [-0.2, 0) is 23.2 Å². The van der Waals surface area contributed by atoms with Crippen LogP contribution in [0.4, 0.5) is 0 Å². The van der Waals surface area contributed by atoms with E-state index in [-0.39, 0.29) is 0 Å². The molecular weight excluding hydrogens is 444 g/mol. The maximum absolute atomic E-state index is 11.2. The van der Waals surface area contributed by atoms with Crippen LogP contribution < -0.4 is 5.43 Å². The summed E-state index contributed by atoms with van der Waals surface area (Å²) in [7, 11) is 1.77. The van der Waals surface area contributed by atoms with E-state index >= 15 is 0 Å². The lowest BCUT2D eigenvalue weighted by Gasteiger charge is -2.38. The van der Waals surface area contributed by atoms with Crippen LogP contribution in [-0.4, -0.2) is 43.0 Å². The summed E-state index contributed by atoms with van der Waals surface area (Å²) < 4.78 is 0. The number of hydrogen-bond acceptors (Lipinski definition) is 4. The Balaban J connectivity index is 1.40. The van der Waals surface area contributed by atoms with E-state index in [4.69, 9.17) is 11.6 Å². The number of unbranched alkanes of at least 4 members (excludes halogenated alkanes) is 3. The van der Waals surface area contributed by atoms with Gasteiger partial charge in [0, 0.05) is 12.1 Å². The molecule has 1 N–H and O–H groups in total. The quantitative estimate of drug-likeness (QED) is 0.251. The van der Waals surface area contributed by atoms with Crippen molar-refractivity contribution >= 4 is 18.0 Å². The lowest BCUT2D eigenvalue weighted by Crippen LogP contribution is -2.42. The highest BCUT2D eigenvalue weighted by molar-refractivity contribution is 6.31. The molecule has 1 saturated heterocycles. The third-order valence-electron chi connectivity index (χ3n) is 7.23. The van der Waals surface area contributed by atoms with Crippen LogP contribution in [0.2, 0.25) is 5.02 Å². The Bertz CT molecular complexity index is 979. The molecule has 0 aromatic heterocycles. The Morgan fingerprint density at radius 1 is 1.12 bits per heavy atom. The first-order valence-electron chi connectivity index (χ1n) is 12.4. The fourth-order valence-electron chi connectivity index (χ4n) is 5.02. The zero-order valence-corrected chi connectivity index (χ0v) is 21.3. The van der Waals surface area contributed by atoms with Crippen molar-refractivity contribution in [2.24, 2.45) is 0 Å². The molecule has 0 spiro atoms. The Morgan fingerprint density at radius 2 is 1.85 bits per heavy atom. The molecule has 0 bridgehead atoms. The van der Waals surface area contributed by atoms with Crippen LogP contribution in [0, 0.1) is 18.3 Å². The number of piperidine rings is 1. The van der Waals surface area contributed by atoms with Crippen LogP contribution in [0.15, 0.2) is 42.5 Å². The van der Waals surface area contributed by atoms with Gasteiger partial charge in [-0.25, -0.2) is 5.43 Å². The van der Waals surface area contributed by atoms with E-state index in [2.05, 4.69) is 41.5 Å². The molecule has 2 aromatic rings. The van der Waals surface area contributed by atoms with Crippen molar-refractivity contribution in [2.45, 2.75) is 63.8 Å². The Morgan fingerprint density at radius 3 is 2.53 bits per heavy atom. The fourth-order valence-corrected chi connectivity index (χ4v) is 5.33. The molecule has 1 amide bonds. The van der Waals surface area contributed by atoms with E-state index in [0.717, 1.165) is 57.3 Å². The molecule has 182 valence electrons. The number of carbonyl (C=O) groups is 1. The van der Waals surface area contributed by atoms with Gasteiger partial charge >= 0.3 is 0 Å². The van der Waals surface area contributed by atoms with Crippen LogP contribution >= 0.6 is 11.6 Å². The summed E-state index contributed by atoms with van der Waals surface area (Å²) in [5, 5.41) is 12.2. The van der Waals surface area contributed by atoms with Gasteiger partial charge in [-0.05, 0) is 87.0 Å². The van der Waals surface area contributed by atoms with Gasteiger partial charge in [0.2, 0.25) is 6.41 Å². The molecule has 3 rings (SSSR count). The lowest BCUT2D eigenvalue weighted by atomic mass is 9.74. The van der Waals surface area contributed by atoms with Crippen molar-refractivity contribution in [1.82, 2.24) is 15.3 Å². The number of nitrogens with one attached hydrogen (secondary N) is 1. The molecule has 1 aliphatic rings. The largest absolute Gasteiger partial charge is 0.303 e. The molecule has 0 aliphatic carbocycles. The predicted octanol–water partition coefficient (Wildman–Crippen LogP) is 5.40.